The van der Waals surface area contributed by atoms with Gasteiger partial charge in [0.1, 0.15) is 94.1 Å². The first-order valence-corrected chi connectivity index (χ1v) is 33.9. The summed E-state index contributed by atoms with van der Waals surface area (Å²) in [6, 6.07) is 6.83. The Morgan fingerprint density at radius 1 is 0.739 bits per heavy atom. The third-order valence-electron chi connectivity index (χ3n) is 14.8. The van der Waals surface area contributed by atoms with E-state index in [1.165, 1.54) is 41.2 Å². The smallest absolute Gasteiger partial charge is 0.303 e. The molecule has 8 amide bonds. The first-order valence-electron chi connectivity index (χ1n) is 28.7. The van der Waals surface area contributed by atoms with Gasteiger partial charge >= 0.3 is 5.97 Å². The van der Waals surface area contributed by atoms with Crippen LogP contribution in [0.25, 0.3) is 43.4 Å². The number of fused-ring (bicyclic) bond motifs is 14. The standard InChI is InChI=1S/C59H61N15O12S6/c1-26(2)42-58-73-45(38(92-58)21-86-5)51(83)62-20-40(76)70-46(47(79)28-11-7-6-8-12-28)57-69-36(25-90-57)55-66-33(22-88-55)44-29(53-67-34(23-87-53)50(82)65-32(19-39(75)61-4)56-72-43(27(3)91-56)52(84)71-42)14-15-30(63-44)54-68-35(24-89-54)49(81)64-31(16-17-41(77)78)59(85)74-18-10-9-13-37(74)48(60)80/h6-8,11-12,14-15,22-26,31-32,37,42,46-47,79H,9-10,13,16-21H2,1-5H3,(H2,60,80)(H,61,75)(H,62,83)(H,64,81)(H,65,82)(H,70,76)(H,71,84)(H,77,78)/t31-,32?,37?,42?,46?,47?/m1/s1. The van der Waals surface area contributed by atoms with Crippen molar-refractivity contribution in [3.63, 3.8) is 0 Å². The fraction of sp³-hybridized carbons (Fsp3) is 0.356. The number of methoxy groups -OCH3 is 1. The molecule has 0 radical (unpaired) electrons. The van der Waals surface area contributed by atoms with Gasteiger partial charge in [-0.05, 0) is 56.2 Å². The van der Waals surface area contributed by atoms with E-state index in [4.69, 9.17) is 30.4 Å². The van der Waals surface area contributed by atoms with E-state index >= 15 is 0 Å². The van der Waals surface area contributed by atoms with Crippen LogP contribution in [-0.4, -0.2) is 143 Å². The Morgan fingerprint density at radius 2 is 1.46 bits per heavy atom. The molecule has 0 saturated carbocycles. The van der Waals surface area contributed by atoms with Gasteiger partial charge in [-0.1, -0.05) is 44.2 Å². The van der Waals surface area contributed by atoms with Crippen LogP contribution in [0.1, 0.15) is 149 Å². The SMILES string of the molecule is CNC(=O)CC1NC(=O)c2csc(n2)-c2ccc(-c3nc(C(=O)N[C@H](CCC(=O)O)C(=O)N4CCCCC4C(N)=O)cs3)nc2-c2csc(n2)-c2csc(n2)C(C(O)c2ccccc2)NC(=O)CNC(=O)c2nc(sc2COC)C(C(C)C)NC(=O)c2nc1sc2C. The van der Waals surface area contributed by atoms with Crippen molar-refractivity contribution in [3.05, 3.63) is 117 Å². The van der Waals surface area contributed by atoms with Gasteiger partial charge in [-0.25, -0.2) is 34.9 Å². The zero-order valence-corrected chi connectivity index (χ0v) is 54.7. The molecule has 9 heterocycles. The maximum Gasteiger partial charge on any atom is 0.303 e. The molecule has 10 rings (SSSR count). The first kappa shape index (κ1) is 66.2. The number of carbonyl (C=O) groups is 9. The number of likely N-dealkylation sites (tertiary alicyclic amines) is 1. The fourth-order valence-electron chi connectivity index (χ4n) is 10.1. The number of thiazole rings is 6. The number of amides is 8. The number of carboxylic acid groups (broad SMARTS) is 1. The number of primary amides is 1. The van der Waals surface area contributed by atoms with E-state index in [1.807, 2.05) is 13.8 Å². The van der Waals surface area contributed by atoms with Gasteiger partial charge in [0.15, 0.2) is 0 Å². The molecular formula is C59H61N15O12S6. The molecule has 10 bridgehead atoms. The normalized spacial score (nSPS) is 18.0. The van der Waals surface area contributed by atoms with Crippen molar-refractivity contribution in [1.29, 1.82) is 0 Å². The van der Waals surface area contributed by atoms with E-state index in [0.717, 1.165) is 56.7 Å². The van der Waals surface area contributed by atoms with E-state index in [2.05, 4.69) is 46.9 Å². The number of rotatable bonds is 15. The van der Waals surface area contributed by atoms with Gasteiger partial charge in [-0.3, -0.25) is 43.2 Å². The Kier molecular flexibility index (Phi) is 21.1. The van der Waals surface area contributed by atoms with E-state index in [1.54, 1.807) is 60.1 Å². The van der Waals surface area contributed by atoms with Crippen molar-refractivity contribution in [2.24, 2.45) is 11.7 Å². The molecule has 27 nitrogen and oxygen atoms in total. The first-order chi connectivity index (χ1) is 44.2. The second-order valence-corrected chi connectivity index (χ2v) is 27.4. The topological polar surface area (TPSA) is 395 Å². The van der Waals surface area contributed by atoms with Crippen LogP contribution >= 0.6 is 68.0 Å². The van der Waals surface area contributed by atoms with Gasteiger partial charge in [0.2, 0.25) is 23.6 Å². The van der Waals surface area contributed by atoms with Crippen molar-refractivity contribution in [3.8, 4) is 43.4 Å². The number of piperidine rings is 1. The van der Waals surface area contributed by atoms with Crippen molar-refractivity contribution in [2.75, 3.05) is 27.2 Å². The minimum absolute atomic E-state index is 0.0198. The quantitative estimate of drug-likeness (QED) is 0.0556. The molecule has 1 fully saturated rings. The number of nitrogens with one attached hydrogen (secondary N) is 6. The summed E-state index contributed by atoms with van der Waals surface area (Å²) in [5.41, 5.74) is 7.61. The minimum atomic E-state index is -1.33. The molecule has 2 aliphatic heterocycles. The van der Waals surface area contributed by atoms with Crippen LogP contribution in [0.5, 0.6) is 0 Å². The second kappa shape index (κ2) is 29.3. The van der Waals surface area contributed by atoms with Crippen LogP contribution < -0.4 is 37.6 Å². The molecule has 2 aliphatic rings. The zero-order chi connectivity index (χ0) is 65.5. The molecule has 1 saturated heterocycles. The zero-order valence-electron chi connectivity index (χ0n) is 49.8. The van der Waals surface area contributed by atoms with Gasteiger partial charge in [0, 0.05) is 59.1 Å². The van der Waals surface area contributed by atoms with Crippen molar-refractivity contribution in [1.82, 2.24) is 71.7 Å². The maximum absolute atomic E-state index is 14.4. The number of aliphatic hydroxyl groups excluding tert-OH is 1. The van der Waals surface area contributed by atoms with Crippen LogP contribution in [-0.2, 0) is 35.3 Å². The number of carbonyl (C=O) groups excluding carboxylic acids is 8. The maximum atomic E-state index is 14.4. The summed E-state index contributed by atoms with van der Waals surface area (Å²) < 4.78 is 5.45. The third-order valence-corrected chi connectivity index (χ3v) is 20.6. The Morgan fingerprint density at radius 3 is 2.20 bits per heavy atom. The summed E-state index contributed by atoms with van der Waals surface area (Å²) >= 11 is 6.79. The van der Waals surface area contributed by atoms with Crippen LogP contribution in [0.4, 0.5) is 0 Å². The summed E-state index contributed by atoms with van der Waals surface area (Å²) in [5.74, 6) is -6.66. The molecule has 480 valence electrons. The number of benzene rings is 1. The number of pyridine rings is 1. The van der Waals surface area contributed by atoms with Gasteiger partial charge in [-0.15, -0.1) is 68.0 Å². The van der Waals surface area contributed by atoms with Crippen LogP contribution in [0.3, 0.4) is 0 Å². The third kappa shape index (κ3) is 15.1. The number of aliphatic carboxylic acids is 1. The average molecular weight is 1360 g/mol. The highest BCUT2D eigenvalue weighted by Gasteiger charge is 2.37. The average Bonchev–Trinajstić information content (AvgIpc) is 1.69. The number of hydrogen-bond acceptors (Lipinski definition) is 24. The number of carboxylic acids is 1. The summed E-state index contributed by atoms with van der Waals surface area (Å²) in [6.07, 6.45) is -0.745. The van der Waals surface area contributed by atoms with Crippen LogP contribution in [0.15, 0.2) is 64.0 Å². The Balaban J connectivity index is 1.03. The molecular weight excluding hydrogens is 1300 g/mol. The molecule has 8 aromatic rings. The predicted molar refractivity (Wildman–Crippen MR) is 344 cm³/mol. The Labute approximate surface area is 549 Å². The molecule has 10 N–H and O–H groups in total. The monoisotopic (exact) mass is 1360 g/mol. The lowest BCUT2D eigenvalue weighted by atomic mass is 9.99. The number of hydrogen-bond donors (Lipinski definition) is 9. The number of ether oxygens (including phenoxy) is 1. The number of aryl methyl sites for hydroxylation is 1. The fourth-order valence-corrected chi connectivity index (χ4v) is 15.7. The molecule has 7 aromatic heterocycles. The number of aliphatic hydroxyl groups is 1. The number of nitrogens with zero attached hydrogens (tertiary/aromatic N) is 8. The molecule has 5 unspecified atom stereocenters. The molecule has 1 aromatic carbocycles. The van der Waals surface area contributed by atoms with Gasteiger partial charge in [0.25, 0.3) is 23.6 Å². The summed E-state index contributed by atoms with van der Waals surface area (Å²) in [6.45, 7) is 5.05. The van der Waals surface area contributed by atoms with Crippen molar-refractivity contribution < 1.29 is 58.1 Å². The summed E-state index contributed by atoms with van der Waals surface area (Å²) in [7, 11) is 2.90. The molecule has 6 atom stereocenters. The Bertz CT molecular complexity index is 4100. The number of aromatic nitrogens is 7. The highest BCUT2D eigenvalue weighted by atomic mass is 32.1. The highest BCUT2D eigenvalue weighted by molar-refractivity contribution is 7.15. The summed E-state index contributed by atoms with van der Waals surface area (Å²) in [5, 5.41) is 46.5. The van der Waals surface area contributed by atoms with Gasteiger partial charge in [0.05, 0.1) is 42.2 Å². The molecule has 0 spiro atoms. The van der Waals surface area contributed by atoms with Gasteiger partial charge < -0.3 is 57.5 Å². The van der Waals surface area contributed by atoms with Crippen LogP contribution in [0.2, 0.25) is 0 Å². The van der Waals surface area contributed by atoms with E-state index in [9.17, 15) is 53.4 Å². The molecule has 0 aliphatic carbocycles. The molecule has 33 heteroatoms. The lowest BCUT2D eigenvalue weighted by molar-refractivity contribution is -0.143. The lowest BCUT2D eigenvalue weighted by Gasteiger charge is -2.36. The van der Waals surface area contributed by atoms with E-state index in [0.29, 0.717) is 71.6 Å². The van der Waals surface area contributed by atoms with Crippen molar-refractivity contribution in [2.45, 2.75) is 102 Å². The van der Waals surface area contributed by atoms with Crippen molar-refractivity contribution >= 4 is 121 Å². The lowest BCUT2D eigenvalue weighted by Crippen LogP contribution is -2.56. The second-order valence-electron chi connectivity index (χ2n) is 21.6. The van der Waals surface area contributed by atoms with Gasteiger partial charge in [-0.2, -0.15) is 0 Å². The Hall–Kier alpha value is -8.70. The van der Waals surface area contributed by atoms with E-state index in [-0.39, 0.29) is 76.1 Å². The number of nitrogens with two attached hydrogens (primary N) is 1. The van der Waals surface area contributed by atoms with Crippen LogP contribution in [0, 0.1) is 12.8 Å². The largest absolute Gasteiger partial charge is 0.481 e. The predicted octanol–water partition coefficient (Wildman–Crippen LogP) is 6.14. The van der Waals surface area contributed by atoms with E-state index < -0.39 is 103 Å². The minimum Gasteiger partial charge on any atom is -0.481 e. The summed E-state index contributed by atoms with van der Waals surface area (Å²) in [4.78, 5) is 158. The highest BCUT2D eigenvalue weighted by Crippen LogP contribution is 2.40. The molecule has 92 heavy (non-hydrogen) atoms.